The summed E-state index contributed by atoms with van der Waals surface area (Å²) in [6, 6.07) is 8.34. The van der Waals surface area contributed by atoms with E-state index in [0.717, 1.165) is 37.7 Å². The average molecular weight is 309 g/mol. The quantitative estimate of drug-likeness (QED) is 0.886. The number of aryl methyl sites for hydroxylation is 2. The maximum atomic E-state index is 4.65. The van der Waals surface area contributed by atoms with Crippen LogP contribution in [0.2, 0.25) is 0 Å². The van der Waals surface area contributed by atoms with Gasteiger partial charge in [0.25, 0.3) is 0 Å². The molecule has 3 heterocycles. The van der Waals surface area contributed by atoms with E-state index in [9.17, 15) is 0 Å². The van der Waals surface area contributed by atoms with Gasteiger partial charge < -0.3 is 9.88 Å². The van der Waals surface area contributed by atoms with E-state index in [4.69, 9.17) is 0 Å². The Morgan fingerprint density at radius 3 is 2.74 bits per heavy atom. The molecule has 0 unspecified atom stereocenters. The number of pyridine rings is 1. The summed E-state index contributed by atoms with van der Waals surface area (Å²) in [4.78, 5) is 10.3. The van der Waals surface area contributed by atoms with Crippen LogP contribution in [0.25, 0.3) is 0 Å². The zero-order valence-electron chi connectivity index (χ0n) is 13.4. The number of aromatic nitrogens is 2. The molecule has 120 valence electrons. The van der Waals surface area contributed by atoms with E-state index < -0.39 is 0 Å². The molecule has 1 aliphatic heterocycles. The van der Waals surface area contributed by atoms with E-state index >= 15 is 0 Å². The van der Waals surface area contributed by atoms with Crippen LogP contribution in [0.4, 0.5) is 5.82 Å². The first-order valence-electron chi connectivity index (χ1n) is 8.54. The molecule has 0 atom stereocenters. The van der Waals surface area contributed by atoms with Gasteiger partial charge in [0.05, 0.1) is 25.0 Å². The number of nitrogens with zero attached hydrogens (tertiary/aromatic N) is 4. The molecule has 0 saturated carbocycles. The summed E-state index contributed by atoms with van der Waals surface area (Å²) in [5, 5.41) is 6.81. The number of H-pyrrole nitrogens is 1. The van der Waals surface area contributed by atoms with Gasteiger partial charge in [-0.2, -0.15) is 5.10 Å². The largest absolute Gasteiger partial charge is 0.357 e. The number of anilines is 1. The van der Waals surface area contributed by atoms with Gasteiger partial charge in [-0.25, -0.2) is 4.98 Å². The van der Waals surface area contributed by atoms with Gasteiger partial charge >= 0.3 is 0 Å². The molecule has 1 N–H and O–H groups in total. The highest BCUT2D eigenvalue weighted by Gasteiger charge is 2.16. The van der Waals surface area contributed by atoms with Gasteiger partial charge in [0.1, 0.15) is 5.82 Å². The first kappa shape index (κ1) is 14.3. The number of aromatic amines is 1. The minimum atomic E-state index is 0.938. The van der Waals surface area contributed by atoms with Crippen molar-refractivity contribution in [2.45, 2.75) is 25.7 Å². The van der Waals surface area contributed by atoms with Crippen molar-refractivity contribution < 1.29 is 0 Å². The van der Waals surface area contributed by atoms with Crippen molar-refractivity contribution >= 4 is 12.0 Å². The number of nitrogens with one attached hydrogen (secondary N) is 1. The van der Waals surface area contributed by atoms with Gasteiger partial charge in [0, 0.05) is 25.0 Å². The fraction of sp³-hybridized carbons (Fsp3) is 0.444. The van der Waals surface area contributed by atoms with Crippen LogP contribution in [0, 0.1) is 0 Å². The van der Waals surface area contributed by atoms with Crippen molar-refractivity contribution in [3.05, 3.63) is 47.4 Å². The first-order valence-corrected chi connectivity index (χ1v) is 8.54. The minimum absolute atomic E-state index is 0.938. The lowest BCUT2D eigenvalue weighted by molar-refractivity contribution is 0.271. The standard InChI is InChI=1S/C18H23N5/c1-2-6-17-15(5-1)13-16(21-17)14-20-23-11-9-22(10-12-23)18-7-3-4-8-19-18/h3-4,7-8,13-14,21H,1-2,5-6,9-12H2. The molecule has 0 aromatic carbocycles. The van der Waals surface area contributed by atoms with Crippen molar-refractivity contribution in [2.24, 2.45) is 5.10 Å². The second kappa shape index (κ2) is 6.44. The lowest BCUT2D eigenvalue weighted by Gasteiger charge is -2.33. The van der Waals surface area contributed by atoms with Gasteiger partial charge in [-0.1, -0.05) is 6.07 Å². The van der Waals surface area contributed by atoms with Crippen molar-refractivity contribution in [2.75, 3.05) is 31.1 Å². The number of piperazine rings is 1. The van der Waals surface area contributed by atoms with Crippen LogP contribution in [0.3, 0.4) is 0 Å². The lowest BCUT2D eigenvalue weighted by atomic mass is 9.98. The van der Waals surface area contributed by atoms with E-state index in [1.807, 2.05) is 24.5 Å². The molecule has 1 aliphatic carbocycles. The summed E-state index contributed by atoms with van der Waals surface area (Å²) in [7, 11) is 0. The highest BCUT2D eigenvalue weighted by molar-refractivity contribution is 5.77. The molecule has 2 aromatic heterocycles. The predicted octanol–water partition coefficient (Wildman–Crippen LogP) is 2.44. The molecule has 1 saturated heterocycles. The smallest absolute Gasteiger partial charge is 0.128 e. The second-order valence-electron chi connectivity index (χ2n) is 6.31. The normalized spacial score (nSPS) is 18.4. The molecule has 0 bridgehead atoms. The molecule has 0 radical (unpaired) electrons. The summed E-state index contributed by atoms with van der Waals surface area (Å²) in [6.45, 7) is 3.81. The van der Waals surface area contributed by atoms with E-state index in [0.29, 0.717) is 0 Å². The van der Waals surface area contributed by atoms with Crippen LogP contribution in [-0.4, -0.2) is 47.4 Å². The molecule has 2 aliphatic rings. The summed E-state index contributed by atoms with van der Waals surface area (Å²) >= 11 is 0. The third-order valence-electron chi connectivity index (χ3n) is 4.72. The predicted molar refractivity (Wildman–Crippen MR) is 93.1 cm³/mol. The van der Waals surface area contributed by atoms with Gasteiger partial charge in [-0.3, -0.25) is 5.01 Å². The molecule has 5 nitrogen and oxygen atoms in total. The van der Waals surface area contributed by atoms with Crippen molar-refractivity contribution in [1.82, 2.24) is 15.0 Å². The lowest BCUT2D eigenvalue weighted by Crippen LogP contribution is -2.44. The van der Waals surface area contributed by atoms with E-state index in [1.165, 1.54) is 36.9 Å². The minimum Gasteiger partial charge on any atom is -0.357 e. The Bertz CT molecular complexity index is 644. The van der Waals surface area contributed by atoms with Crippen LogP contribution in [-0.2, 0) is 12.8 Å². The molecule has 5 heteroatoms. The number of fused-ring (bicyclic) bond motifs is 1. The molecule has 4 rings (SSSR count). The third kappa shape index (κ3) is 3.23. The number of hydrogen-bond donors (Lipinski definition) is 1. The summed E-state index contributed by atoms with van der Waals surface area (Å²) in [5.41, 5.74) is 4.04. The molecule has 0 amide bonds. The highest BCUT2D eigenvalue weighted by atomic mass is 15.5. The van der Waals surface area contributed by atoms with Crippen molar-refractivity contribution in [1.29, 1.82) is 0 Å². The number of hydrazone groups is 1. The van der Waals surface area contributed by atoms with Crippen molar-refractivity contribution in [3.8, 4) is 0 Å². The van der Waals surface area contributed by atoms with Crippen LogP contribution in [0.1, 0.15) is 29.8 Å². The Hall–Kier alpha value is -2.30. The topological polar surface area (TPSA) is 47.5 Å². The zero-order valence-corrected chi connectivity index (χ0v) is 13.4. The van der Waals surface area contributed by atoms with Crippen LogP contribution >= 0.6 is 0 Å². The molecule has 1 fully saturated rings. The van der Waals surface area contributed by atoms with E-state index in [1.54, 1.807) is 0 Å². The Kier molecular flexibility index (Phi) is 4.01. The Labute approximate surface area is 137 Å². The highest BCUT2D eigenvalue weighted by Crippen LogP contribution is 2.21. The maximum Gasteiger partial charge on any atom is 0.128 e. The molecule has 0 spiro atoms. The van der Waals surface area contributed by atoms with Gasteiger partial charge in [-0.05, 0) is 49.4 Å². The summed E-state index contributed by atoms with van der Waals surface area (Å²) in [6.07, 6.45) is 8.85. The number of hydrogen-bond acceptors (Lipinski definition) is 4. The SMILES string of the molecule is C(=NN1CCN(c2ccccn2)CC1)c1cc2c([nH]1)CCCC2. The fourth-order valence-electron chi connectivity index (χ4n) is 3.42. The maximum absolute atomic E-state index is 4.65. The summed E-state index contributed by atoms with van der Waals surface area (Å²) in [5.74, 6) is 1.06. The van der Waals surface area contributed by atoms with E-state index in [2.05, 4.69) is 37.1 Å². The van der Waals surface area contributed by atoms with Gasteiger partial charge in [-0.15, -0.1) is 0 Å². The molecule has 23 heavy (non-hydrogen) atoms. The molecule has 2 aromatic rings. The van der Waals surface area contributed by atoms with Crippen LogP contribution in [0.5, 0.6) is 0 Å². The Morgan fingerprint density at radius 2 is 1.96 bits per heavy atom. The van der Waals surface area contributed by atoms with E-state index in [-0.39, 0.29) is 0 Å². The fourth-order valence-corrected chi connectivity index (χ4v) is 3.42. The van der Waals surface area contributed by atoms with Crippen LogP contribution < -0.4 is 4.90 Å². The van der Waals surface area contributed by atoms with Crippen molar-refractivity contribution in [3.63, 3.8) is 0 Å². The summed E-state index contributed by atoms with van der Waals surface area (Å²) < 4.78 is 0. The van der Waals surface area contributed by atoms with Crippen LogP contribution in [0.15, 0.2) is 35.6 Å². The van der Waals surface area contributed by atoms with Gasteiger partial charge in [0.2, 0.25) is 0 Å². The second-order valence-corrected chi connectivity index (χ2v) is 6.31. The molecular weight excluding hydrogens is 286 g/mol. The zero-order chi connectivity index (χ0) is 15.5. The Morgan fingerprint density at radius 1 is 1.09 bits per heavy atom. The Balaban J connectivity index is 1.35. The number of rotatable bonds is 3. The third-order valence-corrected chi connectivity index (χ3v) is 4.72. The average Bonchev–Trinajstić information content (AvgIpc) is 3.04. The monoisotopic (exact) mass is 309 g/mol. The molecular formula is C18H23N5. The first-order chi connectivity index (χ1) is 11.4. The van der Waals surface area contributed by atoms with Gasteiger partial charge in [0.15, 0.2) is 0 Å².